The fourth-order valence-electron chi connectivity index (χ4n) is 3.22. The molecule has 2 heterocycles. The second kappa shape index (κ2) is 6.87. The minimum absolute atomic E-state index is 0.0268. The van der Waals surface area contributed by atoms with E-state index in [1.807, 2.05) is 0 Å². The third kappa shape index (κ3) is 3.84. The zero-order valence-corrected chi connectivity index (χ0v) is 13.4. The van der Waals surface area contributed by atoms with E-state index in [2.05, 4.69) is 5.10 Å². The Hall–Kier alpha value is -2.35. The molecular formula is C17H18F3N3O2. The minimum Gasteiger partial charge on any atom is -0.391 e. The van der Waals surface area contributed by atoms with Crippen molar-refractivity contribution in [2.45, 2.75) is 37.7 Å². The van der Waals surface area contributed by atoms with Crippen molar-refractivity contribution >= 4 is 5.91 Å². The average molecular weight is 353 g/mol. The first kappa shape index (κ1) is 17.5. The summed E-state index contributed by atoms with van der Waals surface area (Å²) in [5.74, 6) is -0.297. The summed E-state index contributed by atoms with van der Waals surface area (Å²) < 4.78 is 41.4. The number of nitrogens with zero attached hydrogens (tertiary/aromatic N) is 3. The number of aliphatic hydroxyl groups is 1. The molecule has 0 unspecified atom stereocenters. The van der Waals surface area contributed by atoms with E-state index in [4.69, 9.17) is 0 Å². The first-order valence-corrected chi connectivity index (χ1v) is 7.97. The highest BCUT2D eigenvalue weighted by atomic mass is 19.4. The van der Waals surface area contributed by atoms with Crippen molar-refractivity contribution in [2.75, 3.05) is 6.54 Å². The number of likely N-dealkylation sites (tertiary alicyclic amines) is 1. The number of aromatic nitrogens is 2. The largest absolute Gasteiger partial charge is 0.416 e. The molecule has 0 aliphatic carbocycles. The van der Waals surface area contributed by atoms with Crippen molar-refractivity contribution in [3.8, 4) is 0 Å². The lowest BCUT2D eigenvalue weighted by Crippen LogP contribution is -2.33. The number of rotatable bonds is 4. The van der Waals surface area contributed by atoms with Crippen LogP contribution in [0.1, 0.15) is 30.0 Å². The standard InChI is InChI=1S/C17H18F3N3O2/c18-17(19,20)14-5-2-1-4-13(14)15-10-12(24)11-23(15)16(25)6-9-22-8-3-7-21-22/h1-5,7-8,12,15,24H,6,9-11H2/t12-,15-/m1/s1. The Labute approximate surface area is 142 Å². The summed E-state index contributed by atoms with van der Waals surface area (Å²) >= 11 is 0. The highest BCUT2D eigenvalue weighted by molar-refractivity contribution is 5.77. The number of halogens is 3. The zero-order valence-electron chi connectivity index (χ0n) is 13.4. The SMILES string of the molecule is O=C(CCn1cccn1)N1C[C@H](O)C[C@@H]1c1ccccc1C(F)(F)F. The second-order valence-corrected chi connectivity index (χ2v) is 6.06. The minimum atomic E-state index is -4.51. The Morgan fingerprint density at radius 2 is 2.04 bits per heavy atom. The molecule has 5 nitrogen and oxygen atoms in total. The molecule has 3 rings (SSSR count). The van der Waals surface area contributed by atoms with Crippen LogP contribution in [0.25, 0.3) is 0 Å². The normalized spacial score (nSPS) is 20.9. The van der Waals surface area contributed by atoms with Crippen LogP contribution in [-0.2, 0) is 17.5 Å². The molecule has 25 heavy (non-hydrogen) atoms. The Morgan fingerprint density at radius 3 is 2.72 bits per heavy atom. The molecule has 1 saturated heterocycles. The number of benzene rings is 1. The van der Waals surface area contributed by atoms with Crippen LogP contribution < -0.4 is 0 Å². The number of aryl methyl sites for hydroxylation is 1. The topological polar surface area (TPSA) is 58.4 Å². The summed E-state index contributed by atoms with van der Waals surface area (Å²) in [6.07, 6.45) is -1.83. The van der Waals surface area contributed by atoms with Gasteiger partial charge in [0.25, 0.3) is 0 Å². The van der Waals surface area contributed by atoms with Crippen molar-refractivity contribution in [3.05, 3.63) is 53.9 Å². The molecule has 1 aliphatic heterocycles. The van der Waals surface area contributed by atoms with Crippen molar-refractivity contribution < 1.29 is 23.1 Å². The van der Waals surface area contributed by atoms with Gasteiger partial charge in [-0.1, -0.05) is 18.2 Å². The predicted octanol–water partition coefficient (Wildman–Crippen LogP) is 2.63. The molecule has 0 bridgehead atoms. The number of carbonyl (C=O) groups excluding carboxylic acids is 1. The van der Waals surface area contributed by atoms with Crippen LogP contribution >= 0.6 is 0 Å². The molecule has 2 atom stereocenters. The number of alkyl halides is 3. The maximum atomic E-state index is 13.3. The number of amides is 1. The van der Waals surface area contributed by atoms with Gasteiger partial charge in [-0.2, -0.15) is 18.3 Å². The molecule has 1 amide bonds. The van der Waals surface area contributed by atoms with Crippen LogP contribution in [-0.4, -0.2) is 38.3 Å². The summed E-state index contributed by atoms with van der Waals surface area (Å²) in [5.41, 5.74) is -0.738. The number of carbonyl (C=O) groups is 1. The van der Waals surface area contributed by atoms with Crippen molar-refractivity contribution in [1.29, 1.82) is 0 Å². The van der Waals surface area contributed by atoms with Crippen LogP contribution in [0, 0.1) is 0 Å². The van der Waals surface area contributed by atoms with Crippen molar-refractivity contribution in [1.82, 2.24) is 14.7 Å². The summed E-state index contributed by atoms with van der Waals surface area (Å²) in [5, 5.41) is 13.9. The lowest BCUT2D eigenvalue weighted by molar-refractivity contribution is -0.140. The summed E-state index contributed by atoms with van der Waals surface area (Å²) in [6.45, 7) is 0.376. The van der Waals surface area contributed by atoms with Gasteiger partial charge in [0.1, 0.15) is 0 Å². The number of hydrogen-bond donors (Lipinski definition) is 1. The molecule has 0 radical (unpaired) electrons. The van der Waals surface area contributed by atoms with Crippen LogP contribution in [0.15, 0.2) is 42.7 Å². The first-order chi connectivity index (χ1) is 11.9. The Bertz CT molecular complexity index is 731. The summed E-state index contributed by atoms with van der Waals surface area (Å²) in [7, 11) is 0. The Balaban J connectivity index is 1.81. The van der Waals surface area contributed by atoms with E-state index in [1.54, 1.807) is 23.1 Å². The molecular weight excluding hydrogens is 335 g/mol. The number of aliphatic hydroxyl groups excluding tert-OH is 1. The molecule has 1 fully saturated rings. The van der Waals surface area contributed by atoms with E-state index in [9.17, 15) is 23.1 Å². The lowest BCUT2D eigenvalue weighted by Gasteiger charge is -2.27. The van der Waals surface area contributed by atoms with Crippen LogP contribution in [0.2, 0.25) is 0 Å². The van der Waals surface area contributed by atoms with Gasteiger partial charge in [0.2, 0.25) is 5.91 Å². The van der Waals surface area contributed by atoms with Gasteiger partial charge in [0.05, 0.1) is 17.7 Å². The first-order valence-electron chi connectivity index (χ1n) is 7.97. The smallest absolute Gasteiger partial charge is 0.391 e. The maximum Gasteiger partial charge on any atom is 0.416 e. The molecule has 0 spiro atoms. The van der Waals surface area contributed by atoms with Crippen molar-refractivity contribution in [2.24, 2.45) is 0 Å². The quantitative estimate of drug-likeness (QED) is 0.919. The van der Waals surface area contributed by atoms with Gasteiger partial charge < -0.3 is 10.0 Å². The fraction of sp³-hybridized carbons (Fsp3) is 0.412. The van der Waals surface area contributed by atoms with Crippen LogP contribution in [0.4, 0.5) is 13.2 Å². The third-order valence-electron chi connectivity index (χ3n) is 4.34. The van der Waals surface area contributed by atoms with E-state index >= 15 is 0 Å². The van der Waals surface area contributed by atoms with Gasteiger partial charge in [-0.25, -0.2) is 0 Å². The van der Waals surface area contributed by atoms with E-state index in [1.165, 1.54) is 23.1 Å². The van der Waals surface area contributed by atoms with Gasteiger partial charge in [-0.05, 0) is 24.1 Å². The molecule has 2 aromatic rings. The molecule has 8 heteroatoms. The second-order valence-electron chi connectivity index (χ2n) is 6.06. The van der Waals surface area contributed by atoms with E-state index < -0.39 is 23.9 Å². The van der Waals surface area contributed by atoms with E-state index in [0.717, 1.165) is 6.07 Å². The van der Waals surface area contributed by atoms with Crippen LogP contribution in [0.5, 0.6) is 0 Å². The predicted molar refractivity (Wildman–Crippen MR) is 83.4 cm³/mol. The highest BCUT2D eigenvalue weighted by Gasteiger charge is 2.41. The maximum absolute atomic E-state index is 13.3. The molecule has 1 N–H and O–H groups in total. The van der Waals surface area contributed by atoms with E-state index in [-0.39, 0.29) is 30.9 Å². The van der Waals surface area contributed by atoms with Gasteiger partial charge in [-0.15, -0.1) is 0 Å². The van der Waals surface area contributed by atoms with Gasteiger partial charge >= 0.3 is 6.18 Å². The molecule has 1 aromatic heterocycles. The zero-order chi connectivity index (χ0) is 18.0. The lowest BCUT2D eigenvalue weighted by atomic mass is 9.97. The summed E-state index contributed by atoms with van der Waals surface area (Å²) in [4.78, 5) is 13.9. The van der Waals surface area contributed by atoms with Crippen LogP contribution in [0.3, 0.4) is 0 Å². The monoisotopic (exact) mass is 353 g/mol. The molecule has 134 valence electrons. The van der Waals surface area contributed by atoms with E-state index in [0.29, 0.717) is 6.54 Å². The average Bonchev–Trinajstić information content (AvgIpc) is 3.21. The third-order valence-corrected chi connectivity index (χ3v) is 4.34. The molecule has 1 aliphatic rings. The van der Waals surface area contributed by atoms with Gasteiger partial charge in [0, 0.05) is 31.9 Å². The molecule has 0 saturated carbocycles. The van der Waals surface area contributed by atoms with Gasteiger partial charge in [-0.3, -0.25) is 9.48 Å². The summed E-state index contributed by atoms with van der Waals surface area (Å²) in [6, 6.07) is 6.17. The fourth-order valence-corrected chi connectivity index (χ4v) is 3.22. The molecule has 1 aromatic carbocycles. The Kier molecular flexibility index (Phi) is 4.80. The number of hydrogen-bond acceptors (Lipinski definition) is 3. The number of β-amino-alcohol motifs (C(OH)–C–C–N with tert-alkyl or cyclic N) is 1. The Morgan fingerprint density at radius 1 is 1.28 bits per heavy atom. The van der Waals surface area contributed by atoms with Gasteiger partial charge in [0.15, 0.2) is 0 Å². The highest BCUT2D eigenvalue weighted by Crippen LogP contribution is 2.40. The van der Waals surface area contributed by atoms with Crippen molar-refractivity contribution in [3.63, 3.8) is 0 Å².